The molecule has 0 spiro atoms. The molecule has 16 heavy (non-hydrogen) atoms. The molecule has 0 aliphatic rings. The number of halogens is 1. The molecule has 0 radical (unpaired) electrons. The fraction of sp³-hybridized carbons (Fsp3) is 0.273. The van der Waals surface area contributed by atoms with E-state index < -0.39 is 11.6 Å². The Bertz CT molecular complexity index is 414. The van der Waals surface area contributed by atoms with E-state index in [2.05, 4.69) is 0 Å². The van der Waals surface area contributed by atoms with Crippen LogP contribution in [0.25, 0.3) is 0 Å². The standard InChI is InChI=1S/C11H11ClO4/c1-15-7-3-4-10(16-2)8(5-7)11(14)9(13)6-12/h3-5H,6H2,1-2H3. The Labute approximate surface area is 98.1 Å². The molecule has 86 valence electrons. The van der Waals surface area contributed by atoms with Crippen LogP contribution in [0.15, 0.2) is 18.2 Å². The van der Waals surface area contributed by atoms with E-state index >= 15 is 0 Å². The smallest absolute Gasteiger partial charge is 0.233 e. The van der Waals surface area contributed by atoms with Crippen molar-refractivity contribution in [2.45, 2.75) is 0 Å². The molecular formula is C11H11ClO4. The Morgan fingerprint density at radius 2 is 1.94 bits per heavy atom. The summed E-state index contributed by atoms with van der Waals surface area (Å²) in [5, 5.41) is 0. The maximum atomic E-state index is 11.7. The summed E-state index contributed by atoms with van der Waals surface area (Å²) in [6.07, 6.45) is 0. The van der Waals surface area contributed by atoms with Crippen LogP contribution >= 0.6 is 11.6 Å². The van der Waals surface area contributed by atoms with Crippen LogP contribution < -0.4 is 9.47 Å². The molecule has 5 heteroatoms. The van der Waals surface area contributed by atoms with Crippen LogP contribution in [0.2, 0.25) is 0 Å². The SMILES string of the molecule is COc1ccc(OC)c(C(=O)C(=O)CCl)c1. The maximum Gasteiger partial charge on any atom is 0.233 e. The van der Waals surface area contributed by atoms with Crippen molar-refractivity contribution in [1.82, 2.24) is 0 Å². The van der Waals surface area contributed by atoms with Crippen LogP contribution in [0.4, 0.5) is 0 Å². The lowest BCUT2D eigenvalue weighted by atomic mass is 10.1. The molecule has 0 heterocycles. The van der Waals surface area contributed by atoms with Crippen molar-refractivity contribution in [3.63, 3.8) is 0 Å². The summed E-state index contributed by atoms with van der Waals surface area (Å²) in [6, 6.07) is 4.65. The molecule has 0 aliphatic heterocycles. The lowest BCUT2D eigenvalue weighted by Crippen LogP contribution is -2.16. The van der Waals surface area contributed by atoms with Gasteiger partial charge in [0.1, 0.15) is 11.5 Å². The average Bonchev–Trinajstić information content (AvgIpc) is 2.35. The molecule has 1 aromatic carbocycles. The molecular weight excluding hydrogens is 232 g/mol. The Hall–Kier alpha value is -1.55. The van der Waals surface area contributed by atoms with E-state index in [1.807, 2.05) is 0 Å². The van der Waals surface area contributed by atoms with E-state index in [1.54, 1.807) is 12.1 Å². The third-order valence-corrected chi connectivity index (χ3v) is 2.27. The monoisotopic (exact) mass is 242 g/mol. The number of Topliss-reactive ketones (excluding diaryl/α,β-unsaturated/α-hetero) is 2. The number of benzene rings is 1. The van der Waals surface area contributed by atoms with E-state index in [9.17, 15) is 9.59 Å². The van der Waals surface area contributed by atoms with Crippen LogP contribution in [0.1, 0.15) is 10.4 Å². The summed E-state index contributed by atoms with van der Waals surface area (Å²) in [4.78, 5) is 22.9. The molecule has 0 unspecified atom stereocenters. The Morgan fingerprint density at radius 1 is 1.25 bits per heavy atom. The maximum absolute atomic E-state index is 11.7. The zero-order valence-electron chi connectivity index (χ0n) is 8.95. The van der Waals surface area contributed by atoms with Crippen molar-refractivity contribution in [3.05, 3.63) is 23.8 Å². The first-order valence-electron chi connectivity index (χ1n) is 4.49. The van der Waals surface area contributed by atoms with Crippen molar-refractivity contribution in [1.29, 1.82) is 0 Å². The molecule has 0 saturated carbocycles. The highest BCUT2D eigenvalue weighted by atomic mass is 35.5. The molecule has 0 atom stereocenters. The summed E-state index contributed by atoms with van der Waals surface area (Å²) < 4.78 is 9.95. The minimum absolute atomic E-state index is 0.160. The third-order valence-electron chi connectivity index (χ3n) is 2.03. The van der Waals surface area contributed by atoms with E-state index in [1.165, 1.54) is 20.3 Å². The van der Waals surface area contributed by atoms with Gasteiger partial charge in [-0.3, -0.25) is 9.59 Å². The molecule has 4 nitrogen and oxygen atoms in total. The van der Waals surface area contributed by atoms with Crippen LogP contribution in [0.3, 0.4) is 0 Å². The Balaban J connectivity index is 3.18. The lowest BCUT2D eigenvalue weighted by molar-refractivity contribution is -0.112. The molecule has 0 amide bonds. The molecule has 1 aromatic rings. The lowest BCUT2D eigenvalue weighted by Gasteiger charge is -2.08. The van der Waals surface area contributed by atoms with Gasteiger partial charge in [0, 0.05) is 0 Å². The van der Waals surface area contributed by atoms with Crippen molar-refractivity contribution < 1.29 is 19.1 Å². The number of ether oxygens (including phenoxy) is 2. The van der Waals surface area contributed by atoms with E-state index in [-0.39, 0.29) is 11.4 Å². The normalized spacial score (nSPS) is 9.69. The Morgan fingerprint density at radius 3 is 2.44 bits per heavy atom. The van der Waals surface area contributed by atoms with Gasteiger partial charge in [-0.05, 0) is 18.2 Å². The number of carbonyl (C=O) groups excluding carboxylic acids is 2. The van der Waals surface area contributed by atoms with Gasteiger partial charge in [-0.2, -0.15) is 0 Å². The van der Waals surface area contributed by atoms with Crippen LogP contribution in [0.5, 0.6) is 11.5 Å². The highest BCUT2D eigenvalue weighted by Crippen LogP contribution is 2.24. The largest absolute Gasteiger partial charge is 0.497 e. The third kappa shape index (κ3) is 2.52. The first-order chi connectivity index (χ1) is 7.63. The van der Waals surface area contributed by atoms with Gasteiger partial charge >= 0.3 is 0 Å². The zero-order chi connectivity index (χ0) is 12.1. The zero-order valence-corrected chi connectivity index (χ0v) is 9.71. The van der Waals surface area contributed by atoms with Gasteiger partial charge in [0.15, 0.2) is 0 Å². The van der Waals surface area contributed by atoms with Gasteiger partial charge in [0.25, 0.3) is 0 Å². The number of methoxy groups -OCH3 is 2. The fourth-order valence-electron chi connectivity index (χ4n) is 1.20. The molecule has 0 aromatic heterocycles. The topological polar surface area (TPSA) is 52.6 Å². The number of alkyl halides is 1. The number of hydrogen-bond donors (Lipinski definition) is 0. The number of hydrogen-bond acceptors (Lipinski definition) is 4. The van der Waals surface area contributed by atoms with E-state index in [0.29, 0.717) is 11.5 Å². The molecule has 0 N–H and O–H groups in total. The molecule has 0 bridgehead atoms. The van der Waals surface area contributed by atoms with E-state index in [4.69, 9.17) is 21.1 Å². The predicted octanol–water partition coefficient (Wildman–Crippen LogP) is 1.69. The first kappa shape index (κ1) is 12.5. The van der Waals surface area contributed by atoms with Crippen molar-refractivity contribution in [2.75, 3.05) is 20.1 Å². The van der Waals surface area contributed by atoms with Gasteiger partial charge in [0.2, 0.25) is 11.6 Å². The fourth-order valence-corrected chi connectivity index (χ4v) is 1.32. The first-order valence-corrected chi connectivity index (χ1v) is 5.03. The molecule has 0 fully saturated rings. The van der Waals surface area contributed by atoms with Gasteiger partial charge in [0.05, 0.1) is 25.7 Å². The summed E-state index contributed by atoms with van der Waals surface area (Å²) in [7, 11) is 2.89. The number of carbonyl (C=O) groups is 2. The molecule has 0 aliphatic carbocycles. The van der Waals surface area contributed by atoms with Gasteiger partial charge in [-0.25, -0.2) is 0 Å². The highest BCUT2D eigenvalue weighted by molar-refractivity contribution is 6.51. The van der Waals surface area contributed by atoms with E-state index in [0.717, 1.165) is 0 Å². The second kappa shape index (κ2) is 5.51. The Kier molecular flexibility index (Phi) is 4.31. The van der Waals surface area contributed by atoms with Gasteiger partial charge in [-0.1, -0.05) is 0 Å². The summed E-state index contributed by atoms with van der Waals surface area (Å²) >= 11 is 5.32. The van der Waals surface area contributed by atoms with Crippen LogP contribution in [0, 0.1) is 0 Å². The molecule has 1 rings (SSSR count). The minimum atomic E-state index is -0.675. The van der Waals surface area contributed by atoms with Crippen LogP contribution in [-0.2, 0) is 4.79 Å². The van der Waals surface area contributed by atoms with Crippen molar-refractivity contribution in [3.8, 4) is 11.5 Å². The van der Waals surface area contributed by atoms with Gasteiger partial charge in [-0.15, -0.1) is 11.6 Å². The van der Waals surface area contributed by atoms with Crippen molar-refractivity contribution in [2.24, 2.45) is 0 Å². The average molecular weight is 243 g/mol. The highest BCUT2D eigenvalue weighted by Gasteiger charge is 2.19. The predicted molar refractivity (Wildman–Crippen MR) is 59.6 cm³/mol. The van der Waals surface area contributed by atoms with Gasteiger partial charge < -0.3 is 9.47 Å². The number of rotatable bonds is 5. The van der Waals surface area contributed by atoms with Crippen molar-refractivity contribution >= 4 is 23.2 Å². The molecule has 0 saturated heterocycles. The quantitative estimate of drug-likeness (QED) is 0.448. The number of ketones is 2. The minimum Gasteiger partial charge on any atom is -0.497 e. The second-order valence-corrected chi connectivity index (χ2v) is 3.22. The van der Waals surface area contributed by atoms with Crippen LogP contribution in [-0.4, -0.2) is 31.7 Å². The summed E-state index contributed by atoms with van der Waals surface area (Å²) in [5.74, 6) is -0.895. The summed E-state index contributed by atoms with van der Waals surface area (Å²) in [6.45, 7) is 0. The second-order valence-electron chi connectivity index (χ2n) is 2.95. The summed E-state index contributed by atoms with van der Waals surface area (Å²) in [5.41, 5.74) is 0.160.